The van der Waals surface area contributed by atoms with Crippen molar-refractivity contribution < 1.29 is 35.8 Å². The number of benzene rings is 4. The number of aromatic amines is 2. The molecule has 488 valence electrons. The van der Waals surface area contributed by atoms with Crippen LogP contribution < -0.4 is 20.3 Å². The zero-order chi connectivity index (χ0) is 66.8. The van der Waals surface area contributed by atoms with Gasteiger partial charge in [0, 0.05) is 124 Å². The number of nitrogens with one attached hydrogen (secondary N) is 2. The molecule has 12 heterocycles. The molecule has 16 rings (SSSR count). The molecule has 0 saturated heterocycles. The molecule has 0 aliphatic heterocycles. The van der Waals surface area contributed by atoms with Crippen molar-refractivity contribution in [3.05, 3.63) is 216 Å². The topological polar surface area (TPSA) is 253 Å². The first-order chi connectivity index (χ1) is 46.4. The third-order valence-corrected chi connectivity index (χ3v) is 16.5. The van der Waals surface area contributed by atoms with Crippen LogP contribution in [0, 0.1) is 13.8 Å². The second-order valence-electron chi connectivity index (χ2n) is 22.2. The van der Waals surface area contributed by atoms with E-state index in [1.54, 1.807) is 88.6 Å². The Hall–Kier alpha value is -12.0. The zero-order valence-corrected chi connectivity index (χ0v) is 51.8. The Morgan fingerprint density at radius 2 is 0.792 bits per heavy atom. The lowest BCUT2D eigenvalue weighted by Gasteiger charge is -2.13. The first-order valence-electron chi connectivity index (χ1n) is 30.0. The fourth-order valence-corrected chi connectivity index (χ4v) is 12.4. The van der Waals surface area contributed by atoms with Gasteiger partial charge in [0.25, 0.3) is 0 Å². The van der Waals surface area contributed by atoms with Crippen molar-refractivity contribution >= 4 is 87.2 Å². The summed E-state index contributed by atoms with van der Waals surface area (Å²) in [6.07, 6.45) is 9.44. The van der Waals surface area contributed by atoms with E-state index in [-0.39, 0.29) is 35.0 Å². The standard InChI is InChI=1S/C17H14F3N5O.C17H17N5O.C16H12F3N5O.C16H15N5O/c1-26-11-2-3-12-13-4-5-22-16(17(18,19)20)15(13)25(14(12)8-11)7-6-24-10-21-9-23-24;1-12-17-15(5-6-19-12)14-4-3-13(23-2)9-16(14)22(17)8-7-21-11-18-10-20-21;17-16(18,19)15-14-12(3-4-21-15)11-2-1-10(25)7-13(11)24(14)6-5-23-9-20-8-22-23;1-11-16-14(4-5-18-11)13-3-2-12(22)8-15(13)21(16)7-6-20-10-17-9-19-20/h2-5,8-10H,6-7H2,1H3;3-6,9-11H,7-8H2,1-2H3;1-4,7-9,21H,5-6H2;2-5,8-10,18H,6-7H2,1H3. The minimum absolute atomic E-state index is 0.0238. The Morgan fingerprint density at radius 1 is 0.406 bits per heavy atom. The molecule has 12 aromatic heterocycles. The van der Waals surface area contributed by atoms with Crippen LogP contribution in [0.3, 0.4) is 0 Å². The van der Waals surface area contributed by atoms with Crippen LogP contribution in [-0.4, -0.2) is 111 Å². The predicted octanol–water partition coefficient (Wildman–Crippen LogP) is 11.2. The number of aryl methyl sites for hydroxylation is 10. The van der Waals surface area contributed by atoms with E-state index in [0.717, 1.165) is 69.6 Å². The van der Waals surface area contributed by atoms with Crippen LogP contribution in [0.4, 0.5) is 26.3 Å². The number of ether oxygens (including phenoxy) is 2. The summed E-state index contributed by atoms with van der Waals surface area (Å²) in [5, 5.41) is 23.3. The second kappa shape index (κ2) is 26.2. The maximum Gasteiger partial charge on any atom is 0.435 e. The number of pyridine rings is 4. The fourth-order valence-electron chi connectivity index (χ4n) is 12.4. The second-order valence-corrected chi connectivity index (χ2v) is 22.2. The molecular weight excluding hydrogens is 1250 g/mol. The van der Waals surface area contributed by atoms with Gasteiger partial charge in [-0.1, -0.05) is 0 Å². The Bertz CT molecular complexity index is 5530. The molecule has 0 amide bonds. The van der Waals surface area contributed by atoms with E-state index in [2.05, 4.69) is 93.7 Å². The van der Waals surface area contributed by atoms with E-state index in [4.69, 9.17) is 9.47 Å². The Kier molecular flexibility index (Phi) is 17.1. The highest BCUT2D eigenvalue weighted by Crippen LogP contribution is 2.41. The molecule has 2 N–H and O–H groups in total. The Balaban J connectivity index is 0.000000116. The lowest BCUT2D eigenvalue weighted by Crippen LogP contribution is -2.13. The minimum atomic E-state index is -4.55. The molecule has 96 heavy (non-hydrogen) atoms. The number of hydrogen-bond acceptors (Lipinski definition) is 14. The monoisotopic (exact) mass is 1310 g/mol. The number of alkyl halides is 6. The molecule has 0 fully saturated rings. The lowest BCUT2D eigenvalue weighted by atomic mass is 10.1. The van der Waals surface area contributed by atoms with Gasteiger partial charge < -0.3 is 37.7 Å². The lowest BCUT2D eigenvalue weighted by molar-refractivity contribution is -0.140. The molecule has 0 aliphatic rings. The predicted molar refractivity (Wildman–Crippen MR) is 347 cm³/mol. The Morgan fingerprint density at radius 3 is 1.23 bits per heavy atom. The van der Waals surface area contributed by atoms with Gasteiger partial charge in [0.05, 0.1) is 90.2 Å². The maximum atomic E-state index is 13.6. The summed E-state index contributed by atoms with van der Waals surface area (Å²) in [6.45, 7) is 8.28. The highest BCUT2D eigenvalue weighted by atomic mass is 19.4. The molecule has 0 saturated carbocycles. The van der Waals surface area contributed by atoms with Gasteiger partial charge in [-0.3, -0.25) is 33.3 Å². The van der Waals surface area contributed by atoms with E-state index in [0.29, 0.717) is 58.0 Å². The summed E-state index contributed by atoms with van der Waals surface area (Å²) in [5.74, 6) is 1.43. The smallest absolute Gasteiger partial charge is 0.435 e. The molecule has 0 bridgehead atoms. The minimum Gasteiger partial charge on any atom is -0.497 e. The summed E-state index contributed by atoms with van der Waals surface area (Å²) in [4.78, 5) is 52.8. The fraction of sp³-hybridized carbons (Fsp3) is 0.212. The van der Waals surface area contributed by atoms with Gasteiger partial charge >= 0.3 is 12.4 Å². The first-order valence-corrected chi connectivity index (χ1v) is 30.0. The van der Waals surface area contributed by atoms with Crippen LogP contribution in [0.5, 0.6) is 11.5 Å². The van der Waals surface area contributed by atoms with Gasteiger partial charge in [0.15, 0.2) is 16.6 Å². The van der Waals surface area contributed by atoms with Crippen molar-refractivity contribution in [2.75, 3.05) is 14.2 Å². The van der Waals surface area contributed by atoms with Gasteiger partial charge in [0.1, 0.15) is 67.8 Å². The van der Waals surface area contributed by atoms with Crippen LogP contribution in [0.15, 0.2) is 182 Å². The summed E-state index contributed by atoms with van der Waals surface area (Å²) in [5.41, 5.74) is 5.74. The van der Waals surface area contributed by atoms with Crippen LogP contribution in [0.1, 0.15) is 22.8 Å². The molecule has 0 unspecified atom stereocenters. The van der Waals surface area contributed by atoms with Gasteiger partial charge in [0.2, 0.25) is 0 Å². The molecular formula is C66H58F6N20O4. The molecule has 4 aromatic carbocycles. The maximum absolute atomic E-state index is 13.6. The molecule has 0 spiro atoms. The van der Waals surface area contributed by atoms with Crippen molar-refractivity contribution in [1.82, 2.24) is 97.3 Å². The number of rotatable bonds is 14. The largest absolute Gasteiger partial charge is 0.497 e. The van der Waals surface area contributed by atoms with Crippen molar-refractivity contribution in [3.8, 4) is 11.5 Å². The van der Waals surface area contributed by atoms with E-state index in [1.165, 1.54) is 83.3 Å². The average molecular weight is 1310 g/mol. The molecule has 0 atom stereocenters. The van der Waals surface area contributed by atoms with Gasteiger partial charge in [-0.05, 0) is 86.6 Å². The van der Waals surface area contributed by atoms with Gasteiger partial charge in [-0.15, -0.1) is 0 Å². The summed E-state index contributed by atoms with van der Waals surface area (Å²) < 4.78 is 106. The number of nitrogens with zero attached hydrogens (tertiary/aromatic N) is 18. The van der Waals surface area contributed by atoms with Crippen LogP contribution >= 0.6 is 0 Å². The third kappa shape index (κ3) is 12.4. The number of halogens is 6. The SMILES string of the molecule is COc1ccc2c3ccnc(C(F)(F)F)c3n(CCn3cncn3)c2c1.COc1ccc2c3ccnc(C)c3n(CCn3cncn3)c2c1.Cc1[nH]ccc2c3ccc(=O)cc3n(CCn3cncn3)c12.O=c1ccc2c3cc[nH]c(C(F)(F)F)c3n(CCn3cncn3)c2c1. The third-order valence-electron chi connectivity index (χ3n) is 16.5. The summed E-state index contributed by atoms with van der Waals surface area (Å²) in [6, 6.07) is 28.3. The molecule has 0 aliphatic carbocycles. The number of fused-ring (bicyclic) bond motifs is 12. The number of aromatic nitrogens is 20. The van der Waals surface area contributed by atoms with Crippen molar-refractivity contribution in [1.29, 1.82) is 0 Å². The number of hydrogen-bond donors (Lipinski definition) is 2. The summed E-state index contributed by atoms with van der Waals surface area (Å²) >= 11 is 0. The highest BCUT2D eigenvalue weighted by Gasteiger charge is 2.37. The van der Waals surface area contributed by atoms with Crippen molar-refractivity contribution in [2.45, 2.75) is 78.6 Å². The summed E-state index contributed by atoms with van der Waals surface area (Å²) in [7, 11) is 3.21. The zero-order valence-electron chi connectivity index (χ0n) is 51.8. The van der Waals surface area contributed by atoms with Gasteiger partial charge in [-0.2, -0.15) is 46.7 Å². The van der Waals surface area contributed by atoms with Crippen LogP contribution in [0.2, 0.25) is 0 Å². The van der Waals surface area contributed by atoms with E-state index < -0.39 is 23.7 Å². The number of H-pyrrole nitrogens is 2. The molecule has 30 heteroatoms. The first kappa shape index (κ1) is 62.8. The normalized spacial score (nSPS) is 11.9. The van der Waals surface area contributed by atoms with E-state index >= 15 is 0 Å². The van der Waals surface area contributed by atoms with Crippen LogP contribution in [0.25, 0.3) is 87.2 Å². The van der Waals surface area contributed by atoms with Crippen LogP contribution in [-0.2, 0) is 64.7 Å². The van der Waals surface area contributed by atoms with E-state index in [1.807, 2.05) is 43.1 Å². The van der Waals surface area contributed by atoms with E-state index in [9.17, 15) is 35.9 Å². The average Bonchev–Trinajstić information content (AvgIpc) is 1.61. The number of methoxy groups -OCH3 is 2. The molecule has 24 nitrogen and oxygen atoms in total. The molecule has 16 aromatic rings. The quantitative estimate of drug-likeness (QED) is 0.0961. The molecule has 0 radical (unpaired) electrons. The van der Waals surface area contributed by atoms with Crippen molar-refractivity contribution in [3.63, 3.8) is 0 Å². The van der Waals surface area contributed by atoms with Gasteiger partial charge in [-0.25, -0.2) is 24.9 Å². The van der Waals surface area contributed by atoms with Crippen molar-refractivity contribution in [2.24, 2.45) is 0 Å². The Labute approximate surface area is 538 Å². The highest BCUT2D eigenvalue weighted by molar-refractivity contribution is 6.11.